The number of nitrogens with one attached hydrogen (secondary N) is 1. The van der Waals surface area contributed by atoms with E-state index in [-0.39, 0.29) is 25.0 Å². The molecule has 178 valence electrons. The Morgan fingerprint density at radius 3 is 2.21 bits per heavy atom. The number of carbonyl (C=O) groups is 2. The number of ether oxygens (including phenoxy) is 1. The number of amides is 2. The lowest BCUT2D eigenvalue weighted by atomic mass is 10.0. The predicted octanol–water partition coefficient (Wildman–Crippen LogP) is 5.32. The van der Waals surface area contributed by atoms with Gasteiger partial charge in [-0.25, -0.2) is 0 Å². The largest absolute Gasteiger partial charge is 0.484 e. The topological polar surface area (TPSA) is 58.6 Å². The molecule has 2 amide bonds. The first kappa shape index (κ1) is 25.6. The van der Waals surface area contributed by atoms with E-state index in [4.69, 9.17) is 27.9 Å². The SMILES string of the molecule is CCc1ccc(OCC(=O)N(Cc2ccc(Cl)c(Cl)c2)[C@@H](Cc2ccccc2)C(=O)NC)cc1. The minimum absolute atomic E-state index is 0.179. The van der Waals surface area contributed by atoms with E-state index in [9.17, 15) is 9.59 Å². The molecule has 0 fully saturated rings. The van der Waals surface area contributed by atoms with Crippen LogP contribution in [0.2, 0.25) is 10.0 Å². The first-order valence-corrected chi connectivity index (χ1v) is 11.9. The van der Waals surface area contributed by atoms with E-state index in [1.807, 2.05) is 54.6 Å². The number of likely N-dealkylation sites (N-methyl/N-ethyl adjacent to an activating group) is 1. The van der Waals surface area contributed by atoms with Crippen LogP contribution < -0.4 is 10.1 Å². The van der Waals surface area contributed by atoms with E-state index in [1.54, 1.807) is 25.2 Å². The predicted molar refractivity (Wildman–Crippen MR) is 136 cm³/mol. The van der Waals surface area contributed by atoms with Gasteiger partial charge in [-0.3, -0.25) is 9.59 Å². The number of carbonyl (C=O) groups excluding carboxylic acids is 2. The van der Waals surface area contributed by atoms with Gasteiger partial charge in [0.25, 0.3) is 5.91 Å². The fraction of sp³-hybridized carbons (Fsp3) is 0.259. The summed E-state index contributed by atoms with van der Waals surface area (Å²) < 4.78 is 5.77. The van der Waals surface area contributed by atoms with Crippen molar-refractivity contribution in [1.29, 1.82) is 0 Å². The molecule has 0 unspecified atom stereocenters. The van der Waals surface area contributed by atoms with Gasteiger partial charge in [-0.1, -0.05) is 78.7 Å². The Kier molecular flexibility index (Phi) is 9.37. The third kappa shape index (κ3) is 6.99. The van der Waals surface area contributed by atoms with E-state index < -0.39 is 6.04 Å². The Balaban J connectivity index is 1.87. The first-order valence-electron chi connectivity index (χ1n) is 11.1. The molecule has 34 heavy (non-hydrogen) atoms. The van der Waals surface area contributed by atoms with Crippen LogP contribution in [0, 0.1) is 0 Å². The van der Waals surface area contributed by atoms with Gasteiger partial charge in [0.15, 0.2) is 6.61 Å². The summed E-state index contributed by atoms with van der Waals surface area (Å²) in [5, 5.41) is 3.51. The van der Waals surface area contributed by atoms with Gasteiger partial charge in [-0.05, 0) is 47.4 Å². The summed E-state index contributed by atoms with van der Waals surface area (Å²) in [5.74, 6) is 0.0272. The van der Waals surface area contributed by atoms with Gasteiger partial charge in [0.1, 0.15) is 11.8 Å². The molecule has 1 atom stereocenters. The number of halogens is 2. The summed E-state index contributed by atoms with van der Waals surface area (Å²) in [5.41, 5.74) is 2.89. The Morgan fingerprint density at radius 1 is 0.912 bits per heavy atom. The standard InChI is InChI=1S/C27H28Cl2N2O3/c1-3-19-9-12-22(13-10-19)34-18-26(32)31(17-21-11-14-23(28)24(29)15-21)25(27(33)30-2)16-20-7-5-4-6-8-20/h4-15,25H,3,16-18H2,1-2H3,(H,30,33)/t25-/m0/s1. The van der Waals surface area contributed by atoms with Crippen LogP contribution >= 0.6 is 23.2 Å². The Hall–Kier alpha value is -3.02. The third-order valence-corrected chi connectivity index (χ3v) is 6.29. The Labute approximate surface area is 210 Å². The third-order valence-electron chi connectivity index (χ3n) is 5.55. The zero-order valence-corrected chi connectivity index (χ0v) is 20.8. The number of aryl methyl sites for hydroxylation is 1. The maximum atomic E-state index is 13.4. The number of hydrogen-bond donors (Lipinski definition) is 1. The summed E-state index contributed by atoms with van der Waals surface area (Å²) in [4.78, 5) is 27.9. The van der Waals surface area contributed by atoms with Gasteiger partial charge < -0.3 is 15.0 Å². The van der Waals surface area contributed by atoms with Crippen molar-refractivity contribution in [1.82, 2.24) is 10.2 Å². The molecule has 0 saturated carbocycles. The highest BCUT2D eigenvalue weighted by molar-refractivity contribution is 6.42. The van der Waals surface area contributed by atoms with Crippen molar-refractivity contribution in [2.75, 3.05) is 13.7 Å². The van der Waals surface area contributed by atoms with Crippen molar-refractivity contribution in [3.63, 3.8) is 0 Å². The second-order valence-corrected chi connectivity index (χ2v) is 8.69. The monoisotopic (exact) mass is 498 g/mol. The minimum atomic E-state index is -0.736. The molecule has 3 rings (SSSR count). The lowest BCUT2D eigenvalue weighted by Crippen LogP contribution is -2.51. The minimum Gasteiger partial charge on any atom is -0.484 e. The molecule has 0 aromatic heterocycles. The van der Waals surface area contributed by atoms with E-state index >= 15 is 0 Å². The molecule has 7 heteroatoms. The molecule has 0 aliphatic carbocycles. The summed E-state index contributed by atoms with van der Waals surface area (Å²) in [6, 6.07) is 21.7. The normalized spacial score (nSPS) is 11.5. The number of nitrogens with zero attached hydrogens (tertiary/aromatic N) is 1. The second kappa shape index (κ2) is 12.4. The molecule has 1 N–H and O–H groups in total. The number of rotatable bonds is 10. The quantitative estimate of drug-likeness (QED) is 0.411. The molecule has 0 bridgehead atoms. The molecule has 0 radical (unpaired) electrons. The molecule has 0 aliphatic rings. The zero-order chi connectivity index (χ0) is 24.5. The average molecular weight is 499 g/mol. The molecule has 5 nitrogen and oxygen atoms in total. The highest BCUT2D eigenvalue weighted by Gasteiger charge is 2.30. The van der Waals surface area contributed by atoms with Crippen LogP contribution in [0.15, 0.2) is 72.8 Å². The van der Waals surface area contributed by atoms with Crippen LogP contribution in [0.25, 0.3) is 0 Å². The molecule has 3 aromatic rings. The van der Waals surface area contributed by atoms with Crippen molar-refractivity contribution in [3.05, 3.63) is 99.5 Å². The lowest BCUT2D eigenvalue weighted by Gasteiger charge is -2.31. The Morgan fingerprint density at radius 2 is 1.59 bits per heavy atom. The molecule has 0 saturated heterocycles. The van der Waals surface area contributed by atoms with Crippen molar-refractivity contribution < 1.29 is 14.3 Å². The zero-order valence-electron chi connectivity index (χ0n) is 19.3. The summed E-state index contributed by atoms with van der Waals surface area (Å²) in [6.07, 6.45) is 1.28. The van der Waals surface area contributed by atoms with E-state index in [0.717, 1.165) is 17.5 Å². The van der Waals surface area contributed by atoms with Crippen LogP contribution in [0.5, 0.6) is 5.75 Å². The van der Waals surface area contributed by atoms with Crippen LogP contribution in [0.1, 0.15) is 23.6 Å². The van der Waals surface area contributed by atoms with Crippen molar-refractivity contribution in [3.8, 4) is 5.75 Å². The lowest BCUT2D eigenvalue weighted by molar-refractivity contribution is -0.142. The van der Waals surface area contributed by atoms with Gasteiger partial charge in [0, 0.05) is 20.0 Å². The molecular formula is C27H28Cl2N2O3. The van der Waals surface area contributed by atoms with Crippen LogP contribution in [-0.4, -0.2) is 36.4 Å². The van der Waals surface area contributed by atoms with Gasteiger partial charge in [0.05, 0.1) is 10.0 Å². The van der Waals surface area contributed by atoms with Crippen molar-refractivity contribution in [2.24, 2.45) is 0 Å². The van der Waals surface area contributed by atoms with E-state index in [0.29, 0.717) is 22.2 Å². The molecule has 0 heterocycles. The van der Waals surface area contributed by atoms with Gasteiger partial charge in [-0.15, -0.1) is 0 Å². The van der Waals surface area contributed by atoms with E-state index in [1.165, 1.54) is 10.5 Å². The average Bonchev–Trinajstić information content (AvgIpc) is 2.87. The molecular weight excluding hydrogens is 471 g/mol. The highest BCUT2D eigenvalue weighted by atomic mass is 35.5. The number of hydrogen-bond acceptors (Lipinski definition) is 3. The maximum Gasteiger partial charge on any atom is 0.261 e. The Bertz CT molecular complexity index is 1100. The fourth-order valence-electron chi connectivity index (χ4n) is 3.60. The first-order chi connectivity index (χ1) is 16.4. The van der Waals surface area contributed by atoms with Crippen LogP contribution in [0.3, 0.4) is 0 Å². The number of benzene rings is 3. The maximum absolute atomic E-state index is 13.4. The van der Waals surface area contributed by atoms with Crippen LogP contribution in [0.4, 0.5) is 0 Å². The molecule has 0 spiro atoms. The van der Waals surface area contributed by atoms with Crippen LogP contribution in [-0.2, 0) is 29.0 Å². The summed E-state index contributed by atoms with van der Waals surface area (Å²) in [6.45, 7) is 2.06. The molecule has 0 aliphatic heterocycles. The van der Waals surface area contributed by atoms with Gasteiger partial charge >= 0.3 is 0 Å². The van der Waals surface area contributed by atoms with Gasteiger partial charge in [0.2, 0.25) is 5.91 Å². The summed E-state index contributed by atoms with van der Waals surface area (Å²) >= 11 is 12.3. The highest BCUT2D eigenvalue weighted by Crippen LogP contribution is 2.24. The van der Waals surface area contributed by atoms with Crippen molar-refractivity contribution >= 4 is 35.0 Å². The van der Waals surface area contributed by atoms with Gasteiger partial charge in [-0.2, -0.15) is 0 Å². The smallest absolute Gasteiger partial charge is 0.261 e. The second-order valence-electron chi connectivity index (χ2n) is 7.88. The molecule has 3 aromatic carbocycles. The van der Waals surface area contributed by atoms with Crippen molar-refractivity contribution in [2.45, 2.75) is 32.4 Å². The summed E-state index contributed by atoms with van der Waals surface area (Å²) in [7, 11) is 1.56. The van der Waals surface area contributed by atoms with E-state index in [2.05, 4.69) is 12.2 Å². The fourth-order valence-corrected chi connectivity index (χ4v) is 3.93.